The normalized spacial score (nSPS) is 11.2. The first-order chi connectivity index (χ1) is 19.3. The van der Waals surface area contributed by atoms with Gasteiger partial charge in [-0.3, -0.25) is 9.78 Å². The average molecular weight is 559 g/mol. The SMILES string of the molecule is CCCCCCCCCCCC(OOC(=O)c1ccc(OC(C)C)cc1)OOC(=O)c1ccc(OC(C)C)cc1. The lowest BCUT2D eigenvalue weighted by molar-refractivity contribution is -0.421. The van der Waals surface area contributed by atoms with Gasteiger partial charge >= 0.3 is 11.9 Å². The van der Waals surface area contributed by atoms with Gasteiger partial charge in [0, 0.05) is 6.42 Å². The van der Waals surface area contributed by atoms with Crippen molar-refractivity contribution in [3.05, 3.63) is 59.7 Å². The molecule has 2 rings (SSSR count). The summed E-state index contributed by atoms with van der Waals surface area (Å²) in [5.41, 5.74) is 0.581. The topological polar surface area (TPSA) is 89.5 Å². The van der Waals surface area contributed by atoms with Crippen LogP contribution >= 0.6 is 0 Å². The van der Waals surface area contributed by atoms with Crippen molar-refractivity contribution >= 4 is 11.9 Å². The molecule has 2 aromatic rings. The van der Waals surface area contributed by atoms with Gasteiger partial charge in [-0.2, -0.15) is 0 Å². The minimum absolute atomic E-state index is 0.0223. The maximum atomic E-state index is 12.5. The lowest BCUT2D eigenvalue weighted by Gasteiger charge is -2.15. The van der Waals surface area contributed by atoms with Crippen LogP contribution in [0.2, 0.25) is 0 Å². The largest absolute Gasteiger partial charge is 0.491 e. The molecule has 8 heteroatoms. The van der Waals surface area contributed by atoms with E-state index in [1.54, 1.807) is 48.5 Å². The summed E-state index contributed by atoms with van der Waals surface area (Å²) in [6.45, 7) is 9.91. The second-order valence-electron chi connectivity index (χ2n) is 10.4. The van der Waals surface area contributed by atoms with Gasteiger partial charge in [0.2, 0.25) is 6.29 Å². The number of carbonyl (C=O) groups excluding carboxylic acids is 2. The predicted octanol–water partition coefficient (Wildman–Crippen LogP) is 8.39. The Kier molecular flexibility index (Phi) is 15.8. The van der Waals surface area contributed by atoms with E-state index in [1.165, 1.54) is 38.5 Å². The van der Waals surface area contributed by atoms with Crippen molar-refractivity contribution in [3.8, 4) is 11.5 Å². The number of rotatable bonds is 20. The second kappa shape index (κ2) is 19.1. The van der Waals surface area contributed by atoms with Crippen LogP contribution in [0.15, 0.2) is 48.5 Å². The standard InChI is InChI=1S/C32H46O8/c1-6-7-8-9-10-11-12-13-14-15-30(37-39-31(33)26-16-20-28(21-17-26)35-24(2)3)38-40-32(34)27-18-22-29(23-19-27)36-25(4)5/h16-25,30H,6-15H2,1-5H3. The molecule has 0 N–H and O–H groups in total. The van der Waals surface area contributed by atoms with Gasteiger partial charge in [0.1, 0.15) is 11.5 Å². The highest BCUT2D eigenvalue weighted by Gasteiger charge is 2.20. The Balaban J connectivity index is 1.87. The van der Waals surface area contributed by atoms with Crippen LogP contribution in [-0.4, -0.2) is 30.4 Å². The predicted molar refractivity (Wildman–Crippen MR) is 153 cm³/mol. The van der Waals surface area contributed by atoms with Crippen LogP contribution in [0.1, 0.15) is 120 Å². The minimum atomic E-state index is -1.07. The van der Waals surface area contributed by atoms with E-state index < -0.39 is 18.2 Å². The number of hydrogen-bond acceptors (Lipinski definition) is 8. The zero-order chi connectivity index (χ0) is 29.2. The third kappa shape index (κ3) is 13.8. The summed E-state index contributed by atoms with van der Waals surface area (Å²) in [6.07, 6.45) is 9.68. The minimum Gasteiger partial charge on any atom is -0.491 e. The van der Waals surface area contributed by atoms with Gasteiger partial charge in [-0.25, -0.2) is 9.59 Å². The van der Waals surface area contributed by atoms with Gasteiger partial charge in [-0.15, -0.1) is 9.78 Å². The number of carbonyl (C=O) groups is 2. The van der Waals surface area contributed by atoms with E-state index in [4.69, 9.17) is 29.0 Å². The van der Waals surface area contributed by atoms with Crippen LogP contribution in [0, 0.1) is 0 Å². The van der Waals surface area contributed by atoms with E-state index in [9.17, 15) is 9.59 Å². The zero-order valence-electron chi connectivity index (χ0n) is 24.7. The Morgan fingerprint density at radius 1 is 0.575 bits per heavy atom. The summed E-state index contributed by atoms with van der Waals surface area (Å²) in [7, 11) is 0. The smallest absolute Gasteiger partial charge is 0.373 e. The van der Waals surface area contributed by atoms with Crippen LogP contribution < -0.4 is 9.47 Å². The van der Waals surface area contributed by atoms with Crippen molar-refractivity contribution in [1.29, 1.82) is 0 Å². The molecule has 0 spiro atoms. The molecule has 0 aliphatic rings. The van der Waals surface area contributed by atoms with Crippen molar-refractivity contribution < 1.29 is 38.6 Å². The number of hydrogen-bond donors (Lipinski definition) is 0. The molecule has 0 aromatic heterocycles. The summed E-state index contributed by atoms with van der Waals surface area (Å²) in [6, 6.07) is 13.1. The Morgan fingerprint density at radius 3 is 1.32 bits per heavy atom. The summed E-state index contributed by atoms with van der Waals surface area (Å²) in [4.78, 5) is 45.6. The average Bonchev–Trinajstić information content (AvgIpc) is 2.93. The molecular formula is C32H46O8. The summed E-state index contributed by atoms with van der Waals surface area (Å²) >= 11 is 0. The molecule has 0 bridgehead atoms. The quantitative estimate of drug-likeness (QED) is 0.0693. The fraction of sp³-hybridized carbons (Fsp3) is 0.562. The van der Waals surface area contributed by atoms with Crippen LogP contribution in [0.3, 0.4) is 0 Å². The molecule has 0 atom stereocenters. The summed E-state index contributed by atoms with van der Waals surface area (Å²) in [5, 5.41) is 0. The number of benzene rings is 2. The van der Waals surface area contributed by atoms with Crippen molar-refractivity contribution in [1.82, 2.24) is 0 Å². The highest BCUT2D eigenvalue weighted by Crippen LogP contribution is 2.18. The molecule has 0 aliphatic carbocycles. The fourth-order valence-corrected chi connectivity index (χ4v) is 3.91. The van der Waals surface area contributed by atoms with Crippen LogP contribution in [0.5, 0.6) is 11.5 Å². The molecule has 0 fully saturated rings. The van der Waals surface area contributed by atoms with Crippen LogP contribution in [0.25, 0.3) is 0 Å². The fourth-order valence-electron chi connectivity index (χ4n) is 3.91. The van der Waals surface area contributed by atoms with Gasteiger partial charge in [0.25, 0.3) is 0 Å². The maximum absolute atomic E-state index is 12.5. The highest BCUT2D eigenvalue weighted by atomic mass is 17.3. The van der Waals surface area contributed by atoms with Crippen molar-refractivity contribution in [3.63, 3.8) is 0 Å². The molecule has 0 radical (unpaired) electrons. The van der Waals surface area contributed by atoms with Crippen molar-refractivity contribution in [2.24, 2.45) is 0 Å². The second-order valence-corrected chi connectivity index (χ2v) is 10.4. The van der Waals surface area contributed by atoms with Crippen molar-refractivity contribution in [2.45, 2.75) is 117 Å². The van der Waals surface area contributed by atoms with E-state index in [0.29, 0.717) is 29.0 Å². The Labute approximate surface area is 239 Å². The van der Waals surface area contributed by atoms with Crippen LogP contribution in [0.4, 0.5) is 0 Å². The highest BCUT2D eigenvalue weighted by molar-refractivity contribution is 5.89. The van der Waals surface area contributed by atoms with Crippen molar-refractivity contribution in [2.75, 3.05) is 0 Å². The van der Waals surface area contributed by atoms with E-state index in [2.05, 4.69) is 6.92 Å². The van der Waals surface area contributed by atoms with E-state index in [1.807, 2.05) is 27.7 Å². The maximum Gasteiger partial charge on any atom is 0.373 e. The molecule has 0 saturated heterocycles. The van der Waals surface area contributed by atoms with E-state index in [-0.39, 0.29) is 12.2 Å². The molecule has 8 nitrogen and oxygen atoms in total. The lowest BCUT2D eigenvalue weighted by Crippen LogP contribution is -2.22. The molecule has 0 unspecified atom stereocenters. The first-order valence-electron chi connectivity index (χ1n) is 14.6. The number of ether oxygens (including phenoxy) is 2. The Hall–Kier alpha value is -3.10. The van der Waals surface area contributed by atoms with Gasteiger partial charge in [0.15, 0.2) is 0 Å². The number of unbranched alkanes of at least 4 members (excludes halogenated alkanes) is 8. The molecular weight excluding hydrogens is 512 g/mol. The van der Waals surface area contributed by atoms with Crippen LogP contribution in [-0.2, 0) is 19.6 Å². The molecule has 0 saturated carbocycles. The molecule has 222 valence electrons. The molecule has 0 heterocycles. The summed E-state index contributed by atoms with van der Waals surface area (Å²) in [5.74, 6) is -0.0859. The van der Waals surface area contributed by atoms with E-state index >= 15 is 0 Å². The first-order valence-corrected chi connectivity index (χ1v) is 14.6. The zero-order valence-corrected chi connectivity index (χ0v) is 24.7. The van der Waals surface area contributed by atoms with Gasteiger partial charge in [-0.1, -0.05) is 58.3 Å². The monoisotopic (exact) mass is 558 g/mol. The Bertz CT molecular complexity index is 900. The van der Waals surface area contributed by atoms with Gasteiger partial charge in [-0.05, 0) is 82.6 Å². The molecule has 0 aliphatic heterocycles. The third-order valence-electron chi connectivity index (χ3n) is 5.93. The van der Waals surface area contributed by atoms with E-state index in [0.717, 1.165) is 19.3 Å². The van der Waals surface area contributed by atoms with Gasteiger partial charge in [0.05, 0.1) is 23.3 Å². The lowest BCUT2D eigenvalue weighted by atomic mass is 10.1. The molecule has 40 heavy (non-hydrogen) atoms. The third-order valence-corrected chi connectivity index (χ3v) is 5.93. The Morgan fingerprint density at radius 2 is 0.950 bits per heavy atom. The molecule has 2 aromatic carbocycles. The molecule has 0 amide bonds. The van der Waals surface area contributed by atoms with Gasteiger partial charge < -0.3 is 9.47 Å². The summed E-state index contributed by atoms with van der Waals surface area (Å²) < 4.78 is 11.2. The first kappa shape index (κ1) is 33.1.